The third kappa shape index (κ3) is 4.06. The zero-order valence-corrected chi connectivity index (χ0v) is 11.6. The lowest BCUT2D eigenvalue weighted by Crippen LogP contribution is -2.47. The van der Waals surface area contributed by atoms with Gasteiger partial charge in [0.15, 0.2) is 0 Å². The molecule has 0 bridgehead atoms. The fraction of sp³-hybridized carbons (Fsp3) is 1.00. The van der Waals surface area contributed by atoms with E-state index >= 15 is 0 Å². The van der Waals surface area contributed by atoms with E-state index in [1.165, 1.54) is 45.3 Å². The van der Waals surface area contributed by atoms with Crippen molar-refractivity contribution >= 4 is 0 Å². The molecule has 0 aliphatic carbocycles. The average Bonchev–Trinajstić information content (AvgIpc) is 2.28. The molecule has 2 heteroatoms. The lowest BCUT2D eigenvalue weighted by atomic mass is 9.90. The lowest BCUT2D eigenvalue weighted by Gasteiger charge is -2.41. The maximum atomic E-state index is 3.50. The SMILES string of the molecule is CCCNCCC(C)N1CCCC(C)C1C. The van der Waals surface area contributed by atoms with Crippen molar-refractivity contribution in [3.05, 3.63) is 0 Å². The first kappa shape index (κ1) is 14.0. The van der Waals surface area contributed by atoms with Crippen LogP contribution < -0.4 is 5.32 Å². The second kappa shape index (κ2) is 7.29. The van der Waals surface area contributed by atoms with Crippen LogP contribution >= 0.6 is 0 Å². The molecule has 1 rings (SSSR count). The highest BCUT2D eigenvalue weighted by Gasteiger charge is 2.27. The number of hydrogen-bond acceptors (Lipinski definition) is 2. The third-order valence-corrected chi connectivity index (χ3v) is 4.15. The van der Waals surface area contributed by atoms with Gasteiger partial charge in [0.25, 0.3) is 0 Å². The molecule has 0 amide bonds. The molecule has 16 heavy (non-hydrogen) atoms. The van der Waals surface area contributed by atoms with Crippen molar-refractivity contribution in [3.63, 3.8) is 0 Å². The summed E-state index contributed by atoms with van der Waals surface area (Å²) in [5.41, 5.74) is 0. The Kier molecular flexibility index (Phi) is 6.37. The van der Waals surface area contributed by atoms with Gasteiger partial charge in [0.2, 0.25) is 0 Å². The van der Waals surface area contributed by atoms with Crippen molar-refractivity contribution in [3.8, 4) is 0 Å². The number of nitrogens with zero attached hydrogens (tertiary/aromatic N) is 1. The molecular weight excluding hydrogens is 196 g/mol. The summed E-state index contributed by atoms with van der Waals surface area (Å²) in [6.07, 6.45) is 5.33. The van der Waals surface area contributed by atoms with E-state index in [4.69, 9.17) is 0 Å². The van der Waals surface area contributed by atoms with Crippen LogP contribution in [0.3, 0.4) is 0 Å². The molecule has 0 aromatic heterocycles. The summed E-state index contributed by atoms with van der Waals surface area (Å²) >= 11 is 0. The van der Waals surface area contributed by atoms with Gasteiger partial charge < -0.3 is 5.32 Å². The van der Waals surface area contributed by atoms with Gasteiger partial charge in [-0.15, -0.1) is 0 Å². The van der Waals surface area contributed by atoms with Gasteiger partial charge in [0.1, 0.15) is 0 Å². The first-order valence-corrected chi connectivity index (χ1v) is 7.13. The molecule has 1 fully saturated rings. The molecule has 0 spiro atoms. The minimum Gasteiger partial charge on any atom is -0.317 e. The second-order valence-electron chi connectivity index (χ2n) is 5.49. The molecule has 2 nitrogen and oxygen atoms in total. The van der Waals surface area contributed by atoms with Crippen LogP contribution in [-0.4, -0.2) is 36.6 Å². The Hall–Kier alpha value is -0.0800. The Morgan fingerprint density at radius 1 is 1.31 bits per heavy atom. The minimum atomic E-state index is 0.738. The smallest absolute Gasteiger partial charge is 0.00953 e. The molecule has 1 heterocycles. The largest absolute Gasteiger partial charge is 0.317 e. The van der Waals surface area contributed by atoms with Crippen LogP contribution in [0.15, 0.2) is 0 Å². The van der Waals surface area contributed by atoms with E-state index in [0.717, 1.165) is 18.0 Å². The molecule has 0 aromatic rings. The fourth-order valence-electron chi connectivity index (χ4n) is 2.77. The molecule has 1 saturated heterocycles. The normalized spacial score (nSPS) is 29.2. The first-order chi connectivity index (χ1) is 7.66. The second-order valence-corrected chi connectivity index (χ2v) is 5.49. The Morgan fingerprint density at radius 2 is 2.06 bits per heavy atom. The van der Waals surface area contributed by atoms with E-state index in [-0.39, 0.29) is 0 Å². The van der Waals surface area contributed by atoms with Crippen molar-refractivity contribution in [2.75, 3.05) is 19.6 Å². The molecule has 3 unspecified atom stereocenters. The van der Waals surface area contributed by atoms with Gasteiger partial charge in [-0.2, -0.15) is 0 Å². The van der Waals surface area contributed by atoms with Crippen LogP contribution in [0.5, 0.6) is 0 Å². The van der Waals surface area contributed by atoms with E-state index in [0.29, 0.717) is 0 Å². The third-order valence-electron chi connectivity index (χ3n) is 4.15. The van der Waals surface area contributed by atoms with E-state index in [1.807, 2.05) is 0 Å². The van der Waals surface area contributed by atoms with Crippen LogP contribution in [0.2, 0.25) is 0 Å². The predicted molar refractivity (Wildman–Crippen MR) is 71.8 cm³/mol. The number of nitrogens with one attached hydrogen (secondary N) is 1. The molecule has 0 saturated carbocycles. The van der Waals surface area contributed by atoms with Crippen LogP contribution in [0.1, 0.15) is 53.4 Å². The summed E-state index contributed by atoms with van der Waals surface area (Å²) < 4.78 is 0. The number of hydrogen-bond donors (Lipinski definition) is 1. The first-order valence-electron chi connectivity index (χ1n) is 7.13. The van der Waals surface area contributed by atoms with E-state index in [1.54, 1.807) is 0 Å². The molecule has 1 N–H and O–H groups in total. The highest BCUT2D eigenvalue weighted by molar-refractivity contribution is 4.82. The van der Waals surface area contributed by atoms with Gasteiger partial charge in [0, 0.05) is 12.1 Å². The highest BCUT2D eigenvalue weighted by Crippen LogP contribution is 2.25. The molecule has 0 radical (unpaired) electrons. The maximum Gasteiger partial charge on any atom is 0.00953 e. The number of piperidine rings is 1. The van der Waals surface area contributed by atoms with Crippen LogP contribution in [0, 0.1) is 5.92 Å². The lowest BCUT2D eigenvalue weighted by molar-refractivity contribution is 0.0719. The van der Waals surface area contributed by atoms with Gasteiger partial charge in [-0.25, -0.2) is 0 Å². The Labute approximate surface area is 102 Å². The van der Waals surface area contributed by atoms with Gasteiger partial charge >= 0.3 is 0 Å². The quantitative estimate of drug-likeness (QED) is 0.701. The summed E-state index contributed by atoms with van der Waals surface area (Å²) in [6, 6.07) is 1.51. The van der Waals surface area contributed by atoms with Gasteiger partial charge in [0.05, 0.1) is 0 Å². The zero-order valence-electron chi connectivity index (χ0n) is 11.6. The molecule has 96 valence electrons. The van der Waals surface area contributed by atoms with Crippen LogP contribution in [0.25, 0.3) is 0 Å². The summed E-state index contributed by atoms with van der Waals surface area (Å²) in [5, 5.41) is 3.50. The van der Waals surface area contributed by atoms with Crippen molar-refractivity contribution in [1.29, 1.82) is 0 Å². The Morgan fingerprint density at radius 3 is 2.75 bits per heavy atom. The zero-order chi connectivity index (χ0) is 12.0. The van der Waals surface area contributed by atoms with Crippen LogP contribution in [-0.2, 0) is 0 Å². The van der Waals surface area contributed by atoms with Gasteiger partial charge in [-0.05, 0) is 65.1 Å². The number of likely N-dealkylation sites (tertiary alicyclic amines) is 1. The van der Waals surface area contributed by atoms with Gasteiger partial charge in [-0.1, -0.05) is 13.8 Å². The monoisotopic (exact) mass is 226 g/mol. The predicted octanol–water partition coefficient (Wildman–Crippen LogP) is 2.89. The number of rotatable bonds is 6. The molecule has 0 aromatic carbocycles. The van der Waals surface area contributed by atoms with Crippen molar-refractivity contribution in [2.45, 2.75) is 65.5 Å². The molecule has 1 aliphatic heterocycles. The minimum absolute atomic E-state index is 0.738. The van der Waals surface area contributed by atoms with Crippen molar-refractivity contribution in [1.82, 2.24) is 10.2 Å². The molecular formula is C14H30N2. The van der Waals surface area contributed by atoms with E-state index < -0.39 is 0 Å². The Bertz CT molecular complexity index is 182. The average molecular weight is 226 g/mol. The topological polar surface area (TPSA) is 15.3 Å². The van der Waals surface area contributed by atoms with Crippen molar-refractivity contribution in [2.24, 2.45) is 5.92 Å². The fourth-order valence-corrected chi connectivity index (χ4v) is 2.77. The van der Waals surface area contributed by atoms with E-state index in [9.17, 15) is 0 Å². The summed E-state index contributed by atoms with van der Waals surface area (Å²) in [7, 11) is 0. The summed E-state index contributed by atoms with van der Waals surface area (Å²) in [5.74, 6) is 0.875. The van der Waals surface area contributed by atoms with Crippen molar-refractivity contribution < 1.29 is 0 Å². The van der Waals surface area contributed by atoms with E-state index in [2.05, 4.69) is 37.9 Å². The molecule has 3 atom stereocenters. The maximum absolute atomic E-state index is 3.50. The standard InChI is InChI=1S/C14H30N2/c1-5-9-15-10-8-13(3)16-11-6-7-12(2)14(16)4/h12-15H,5-11H2,1-4H3. The van der Waals surface area contributed by atoms with Gasteiger partial charge in [-0.3, -0.25) is 4.90 Å². The Balaban J connectivity index is 2.26. The molecule has 1 aliphatic rings. The summed E-state index contributed by atoms with van der Waals surface area (Å²) in [6.45, 7) is 13.1. The van der Waals surface area contributed by atoms with Crippen LogP contribution in [0.4, 0.5) is 0 Å². The summed E-state index contributed by atoms with van der Waals surface area (Å²) in [4.78, 5) is 2.71. The highest BCUT2D eigenvalue weighted by atomic mass is 15.2.